The van der Waals surface area contributed by atoms with Gasteiger partial charge in [0, 0.05) is 7.11 Å². The van der Waals surface area contributed by atoms with E-state index in [0.29, 0.717) is 12.8 Å². The predicted octanol–water partition coefficient (Wildman–Crippen LogP) is 1.14. The van der Waals surface area contributed by atoms with Crippen LogP contribution in [0.4, 0.5) is 4.79 Å². The zero-order valence-corrected chi connectivity index (χ0v) is 10.7. The van der Waals surface area contributed by atoms with Gasteiger partial charge in [-0.2, -0.15) is 0 Å². The molecule has 0 aromatic heterocycles. The van der Waals surface area contributed by atoms with Crippen molar-refractivity contribution in [2.24, 2.45) is 0 Å². The zero-order valence-electron chi connectivity index (χ0n) is 10.7. The van der Waals surface area contributed by atoms with Crippen LogP contribution in [-0.2, 0) is 19.0 Å². The lowest BCUT2D eigenvalue weighted by atomic mass is 9.88. The number of piperidine rings is 1. The fourth-order valence-corrected chi connectivity index (χ4v) is 2.25. The Morgan fingerprint density at radius 1 is 1.24 bits per heavy atom. The molecular formula is C11H19NO5. The van der Waals surface area contributed by atoms with Gasteiger partial charge in [-0.25, -0.2) is 9.59 Å². The van der Waals surface area contributed by atoms with E-state index >= 15 is 0 Å². The summed E-state index contributed by atoms with van der Waals surface area (Å²) >= 11 is 0. The molecule has 0 N–H and O–H groups in total. The Bertz CT molecular complexity index is 306. The minimum absolute atomic E-state index is 0.454. The number of methoxy groups -OCH3 is 3. The van der Waals surface area contributed by atoms with Crippen LogP contribution in [0.15, 0.2) is 0 Å². The Labute approximate surface area is 101 Å². The van der Waals surface area contributed by atoms with E-state index in [9.17, 15) is 9.59 Å². The summed E-state index contributed by atoms with van der Waals surface area (Å²) in [5, 5.41) is 0. The molecule has 0 saturated carbocycles. The summed E-state index contributed by atoms with van der Waals surface area (Å²) in [6, 6.07) is 0. The van der Waals surface area contributed by atoms with E-state index in [0.717, 1.165) is 6.42 Å². The van der Waals surface area contributed by atoms with Gasteiger partial charge in [0.05, 0.1) is 14.2 Å². The average molecular weight is 245 g/mol. The molecule has 2 atom stereocenters. The molecule has 0 aromatic rings. The normalized spacial score (nSPS) is 28.7. The van der Waals surface area contributed by atoms with Gasteiger partial charge in [0.25, 0.3) is 0 Å². The molecule has 0 bridgehead atoms. The quantitative estimate of drug-likeness (QED) is 0.683. The maximum absolute atomic E-state index is 11.9. The second-order valence-corrected chi connectivity index (χ2v) is 4.19. The van der Waals surface area contributed by atoms with Gasteiger partial charge in [-0.3, -0.25) is 4.90 Å². The number of rotatable bonds is 2. The number of nitrogens with zero attached hydrogens (tertiary/aromatic N) is 1. The largest absolute Gasteiger partial charge is 0.467 e. The number of hydrogen-bond donors (Lipinski definition) is 0. The highest BCUT2D eigenvalue weighted by Gasteiger charge is 2.49. The molecule has 0 radical (unpaired) electrons. The van der Waals surface area contributed by atoms with Gasteiger partial charge < -0.3 is 14.2 Å². The first-order valence-electron chi connectivity index (χ1n) is 5.49. The first-order chi connectivity index (χ1) is 8.01. The second kappa shape index (κ2) is 5.35. The summed E-state index contributed by atoms with van der Waals surface area (Å²) in [5.41, 5.74) is -1.03. The molecule has 1 saturated heterocycles. The summed E-state index contributed by atoms with van der Waals surface area (Å²) in [5.74, 6) is -0.454. The van der Waals surface area contributed by atoms with Crippen LogP contribution >= 0.6 is 0 Å². The monoisotopic (exact) mass is 245 g/mol. The van der Waals surface area contributed by atoms with Crippen LogP contribution < -0.4 is 0 Å². The number of ether oxygens (including phenoxy) is 3. The highest BCUT2D eigenvalue weighted by molar-refractivity contribution is 5.85. The van der Waals surface area contributed by atoms with Crippen molar-refractivity contribution in [1.29, 1.82) is 0 Å². The third-order valence-electron chi connectivity index (χ3n) is 3.20. The summed E-state index contributed by atoms with van der Waals surface area (Å²) < 4.78 is 14.7. The summed E-state index contributed by atoms with van der Waals surface area (Å²) in [4.78, 5) is 25.0. The number of esters is 1. The van der Waals surface area contributed by atoms with Crippen molar-refractivity contribution in [3.8, 4) is 0 Å². The molecule has 0 aromatic carbocycles. The summed E-state index contributed by atoms with van der Waals surface area (Å²) in [6.45, 7) is 1.67. The standard InChI is InChI=1S/C11H19NO5/c1-11(9(13)16-3)7-5-6-8(15-2)12(11)10(14)17-4/h8H,5-7H2,1-4H3/t8-,11-/m0/s1. The number of amides is 1. The van der Waals surface area contributed by atoms with E-state index in [1.807, 2.05) is 0 Å². The third-order valence-corrected chi connectivity index (χ3v) is 3.20. The predicted molar refractivity (Wildman–Crippen MR) is 59.3 cm³/mol. The van der Waals surface area contributed by atoms with Crippen molar-refractivity contribution >= 4 is 12.1 Å². The van der Waals surface area contributed by atoms with Gasteiger partial charge in [-0.1, -0.05) is 0 Å². The Morgan fingerprint density at radius 3 is 2.35 bits per heavy atom. The molecule has 1 fully saturated rings. The Morgan fingerprint density at radius 2 is 1.88 bits per heavy atom. The van der Waals surface area contributed by atoms with Crippen molar-refractivity contribution in [3.63, 3.8) is 0 Å². The van der Waals surface area contributed by atoms with Gasteiger partial charge in [0.15, 0.2) is 0 Å². The van der Waals surface area contributed by atoms with Crippen LogP contribution in [0.5, 0.6) is 0 Å². The molecule has 17 heavy (non-hydrogen) atoms. The summed E-state index contributed by atoms with van der Waals surface area (Å²) in [6.07, 6.45) is 0.967. The van der Waals surface area contributed by atoms with Gasteiger partial charge in [0.2, 0.25) is 0 Å². The molecule has 6 heteroatoms. The molecule has 98 valence electrons. The van der Waals surface area contributed by atoms with E-state index in [1.54, 1.807) is 6.92 Å². The maximum atomic E-state index is 11.9. The smallest absolute Gasteiger partial charge is 0.412 e. The van der Waals surface area contributed by atoms with Crippen molar-refractivity contribution < 1.29 is 23.8 Å². The number of hydrogen-bond acceptors (Lipinski definition) is 5. The van der Waals surface area contributed by atoms with Crippen molar-refractivity contribution in [1.82, 2.24) is 4.90 Å². The first kappa shape index (κ1) is 13.8. The van der Waals surface area contributed by atoms with E-state index < -0.39 is 23.8 Å². The topological polar surface area (TPSA) is 65.1 Å². The maximum Gasteiger partial charge on any atom is 0.412 e. The Kier molecular flexibility index (Phi) is 4.34. The van der Waals surface area contributed by atoms with Crippen molar-refractivity contribution in [2.75, 3.05) is 21.3 Å². The zero-order chi connectivity index (χ0) is 13.1. The lowest BCUT2D eigenvalue weighted by Gasteiger charge is -2.45. The van der Waals surface area contributed by atoms with Gasteiger partial charge in [-0.15, -0.1) is 0 Å². The number of likely N-dealkylation sites (tertiary alicyclic amines) is 1. The third kappa shape index (κ3) is 2.36. The first-order valence-corrected chi connectivity index (χ1v) is 5.49. The van der Waals surface area contributed by atoms with Crippen molar-refractivity contribution in [2.45, 2.75) is 38.0 Å². The molecule has 0 spiro atoms. The van der Waals surface area contributed by atoms with E-state index in [1.165, 1.54) is 26.2 Å². The Hall–Kier alpha value is -1.30. The lowest BCUT2D eigenvalue weighted by molar-refractivity contribution is -0.168. The fourth-order valence-electron chi connectivity index (χ4n) is 2.25. The lowest BCUT2D eigenvalue weighted by Crippen LogP contribution is -2.62. The molecule has 0 aliphatic carbocycles. The van der Waals surface area contributed by atoms with Crippen LogP contribution in [0, 0.1) is 0 Å². The van der Waals surface area contributed by atoms with Crippen LogP contribution in [0.1, 0.15) is 26.2 Å². The highest BCUT2D eigenvalue weighted by atomic mass is 16.6. The van der Waals surface area contributed by atoms with Crippen LogP contribution in [0.25, 0.3) is 0 Å². The van der Waals surface area contributed by atoms with Crippen LogP contribution in [0.2, 0.25) is 0 Å². The van der Waals surface area contributed by atoms with Gasteiger partial charge in [-0.05, 0) is 26.2 Å². The summed E-state index contributed by atoms with van der Waals surface area (Å²) in [7, 11) is 4.09. The van der Waals surface area contributed by atoms with Crippen LogP contribution in [0.3, 0.4) is 0 Å². The van der Waals surface area contributed by atoms with E-state index in [4.69, 9.17) is 14.2 Å². The number of carbonyl (C=O) groups is 2. The van der Waals surface area contributed by atoms with Gasteiger partial charge in [0.1, 0.15) is 11.8 Å². The Balaban J connectivity index is 3.07. The minimum atomic E-state index is -1.03. The molecule has 1 heterocycles. The average Bonchev–Trinajstić information content (AvgIpc) is 2.36. The minimum Gasteiger partial charge on any atom is -0.467 e. The fraction of sp³-hybridized carbons (Fsp3) is 0.818. The van der Waals surface area contributed by atoms with Crippen LogP contribution in [-0.4, -0.2) is 50.1 Å². The molecule has 1 aliphatic heterocycles. The van der Waals surface area contributed by atoms with Crippen molar-refractivity contribution in [3.05, 3.63) is 0 Å². The molecule has 1 rings (SSSR count). The van der Waals surface area contributed by atoms with E-state index in [-0.39, 0.29) is 0 Å². The molecule has 1 aliphatic rings. The molecular weight excluding hydrogens is 226 g/mol. The molecule has 6 nitrogen and oxygen atoms in total. The highest BCUT2D eigenvalue weighted by Crippen LogP contribution is 2.33. The second-order valence-electron chi connectivity index (χ2n) is 4.19. The number of carbonyl (C=O) groups excluding carboxylic acids is 2. The SMILES string of the molecule is COC(=O)N1[C@@H](OC)CCC[C@@]1(C)C(=O)OC. The molecule has 1 amide bonds. The molecule has 0 unspecified atom stereocenters. The van der Waals surface area contributed by atoms with Gasteiger partial charge >= 0.3 is 12.1 Å². The van der Waals surface area contributed by atoms with E-state index in [2.05, 4.69) is 0 Å².